The molecule has 0 aliphatic carbocycles. The van der Waals surface area contributed by atoms with E-state index in [1.807, 2.05) is 36.6 Å². The highest BCUT2D eigenvalue weighted by atomic mass is 32.2. The first-order chi connectivity index (χ1) is 14.5. The van der Waals surface area contributed by atoms with Gasteiger partial charge in [0.05, 0.1) is 30.0 Å². The first kappa shape index (κ1) is 21.6. The third-order valence-electron chi connectivity index (χ3n) is 4.45. The second-order valence-corrected chi connectivity index (χ2v) is 8.07. The molecule has 0 unspecified atom stereocenters. The molecule has 1 aromatic heterocycles. The summed E-state index contributed by atoms with van der Waals surface area (Å²) in [5.41, 5.74) is 3.30. The van der Waals surface area contributed by atoms with Gasteiger partial charge in [0.25, 0.3) is 0 Å². The Bertz CT molecular complexity index is 1060. The van der Waals surface area contributed by atoms with E-state index in [4.69, 9.17) is 10.00 Å². The SMILES string of the molecule is COCCn1c(S[C@H](C)C(=O)Nc2ccc(C#N)cc2)nnc1-c1cccc(C)c1. The molecule has 8 heteroatoms. The van der Waals surface area contributed by atoms with Crippen LogP contribution in [0.4, 0.5) is 5.69 Å². The Hall–Kier alpha value is -3.15. The van der Waals surface area contributed by atoms with Gasteiger partial charge in [-0.3, -0.25) is 9.36 Å². The Balaban J connectivity index is 1.77. The molecule has 154 valence electrons. The molecule has 0 bridgehead atoms. The Morgan fingerprint density at radius 3 is 2.70 bits per heavy atom. The van der Waals surface area contributed by atoms with Crippen LogP contribution in [-0.2, 0) is 16.1 Å². The molecule has 0 saturated carbocycles. The molecule has 3 aromatic rings. The molecule has 0 radical (unpaired) electrons. The standard InChI is InChI=1S/C22H23N5O2S/c1-15-5-4-6-18(13-15)20-25-26-22(27(20)11-12-29-3)30-16(2)21(28)24-19-9-7-17(14-23)8-10-19/h4-10,13,16H,11-12H2,1-3H3,(H,24,28)/t16-/m1/s1. The minimum atomic E-state index is -0.392. The van der Waals surface area contributed by atoms with Crippen molar-refractivity contribution in [3.05, 3.63) is 59.7 Å². The number of carbonyl (C=O) groups excluding carboxylic acids is 1. The molecule has 1 N–H and O–H groups in total. The fraction of sp³-hybridized carbons (Fsp3) is 0.273. The molecule has 1 amide bonds. The molecule has 0 aliphatic rings. The van der Waals surface area contributed by atoms with Gasteiger partial charge in [-0.1, -0.05) is 35.5 Å². The molecule has 7 nitrogen and oxygen atoms in total. The number of rotatable bonds is 8. The molecule has 0 fully saturated rings. The molecule has 0 aliphatic heterocycles. The highest BCUT2D eigenvalue weighted by Crippen LogP contribution is 2.28. The zero-order valence-corrected chi connectivity index (χ0v) is 17.9. The van der Waals surface area contributed by atoms with Crippen LogP contribution < -0.4 is 5.32 Å². The number of benzene rings is 2. The van der Waals surface area contributed by atoms with Gasteiger partial charge in [-0.2, -0.15) is 5.26 Å². The molecular weight excluding hydrogens is 398 g/mol. The Morgan fingerprint density at radius 2 is 2.03 bits per heavy atom. The van der Waals surface area contributed by atoms with E-state index in [0.29, 0.717) is 29.6 Å². The van der Waals surface area contributed by atoms with Gasteiger partial charge in [-0.15, -0.1) is 10.2 Å². The largest absolute Gasteiger partial charge is 0.383 e. The normalized spacial score (nSPS) is 11.7. The van der Waals surface area contributed by atoms with Crippen LogP contribution in [0, 0.1) is 18.3 Å². The number of hydrogen-bond donors (Lipinski definition) is 1. The molecular formula is C22H23N5O2S. The lowest BCUT2D eigenvalue weighted by Crippen LogP contribution is -2.23. The maximum absolute atomic E-state index is 12.6. The Kier molecular flexibility index (Phi) is 7.22. The van der Waals surface area contributed by atoms with Gasteiger partial charge in [0.2, 0.25) is 5.91 Å². The molecule has 2 aromatic carbocycles. The monoisotopic (exact) mass is 421 g/mol. The van der Waals surface area contributed by atoms with Crippen molar-refractivity contribution in [1.29, 1.82) is 5.26 Å². The van der Waals surface area contributed by atoms with Gasteiger partial charge in [-0.05, 0) is 44.2 Å². The van der Waals surface area contributed by atoms with Gasteiger partial charge >= 0.3 is 0 Å². The number of hydrogen-bond acceptors (Lipinski definition) is 6. The molecule has 30 heavy (non-hydrogen) atoms. The van der Waals surface area contributed by atoms with E-state index in [9.17, 15) is 4.79 Å². The Morgan fingerprint density at radius 1 is 1.27 bits per heavy atom. The number of amides is 1. The number of nitriles is 1. The van der Waals surface area contributed by atoms with Crippen molar-refractivity contribution in [1.82, 2.24) is 14.8 Å². The molecule has 1 heterocycles. The lowest BCUT2D eigenvalue weighted by molar-refractivity contribution is -0.115. The molecule has 1 atom stereocenters. The summed E-state index contributed by atoms with van der Waals surface area (Å²) in [6.07, 6.45) is 0. The van der Waals surface area contributed by atoms with Crippen molar-refractivity contribution in [3.63, 3.8) is 0 Å². The summed E-state index contributed by atoms with van der Waals surface area (Å²) in [5, 5.41) is 20.7. The van der Waals surface area contributed by atoms with E-state index in [1.165, 1.54) is 11.8 Å². The van der Waals surface area contributed by atoms with Gasteiger partial charge in [0.15, 0.2) is 11.0 Å². The highest BCUT2D eigenvalue weighted by Gasteiger charge is 2.21. The molecule has 3 rings (SSSR count). The van der Waals surface area contributed by atoms with Crippen LogP contribution in [0.2, 0.25) is 0 Å². The second-order valence-electron chi connectivity index (χ2n) is 6.76. The van der Waals surface area contributed by atoms with Crippen LogP contribution in [0.15, 0.2) is 53.7 Å². The summed E-state index contributed by atoms with van der Waals surface area (Å²) in [7, 11) is 1.65. The zero-order valence-electron chi connectivity index (χ0n) is 17.1. The first-order valence-electron chi connectivity index (χ1n) is 9.48. The first-order valence-corrected chi connectivity index (χ1v) is 10.4. The van der Waals surface area contributed by atoms with Crippen molar-refractivity contribution in [3.8, 4) is 17.5 Å². The van der Waals surface area contributed by atoms with Crippen LogP contribution in [-0.4, -0.2) is 39.6 Å². The number of nitrogens with one attached hydrogen (secondary N) is 1. The van der Waals surface area contributed by atoms with Crippen molar-refractivity contribution in [2.45, 2.75) is 30.8 Å². The summed E-state index contributed by atoms with van der Waals surface area (Å²) in [6, 6.07) is 16.9. The van der Waals surface area contributed by atoms with E-state index in [1.54, 1.807) is 31.4 Å². The second kappa shape index (κ2) is 10.1. The van der Waals surface area contributed by atoms with Gasteiger partial charge in [0, 0.05) is 18.4 Å². The zero-order chi connectivity index (χ0) is 21.5. The number of aryl methyl sites for hydroxylation is 1. The van der Waals surface area contributed by atoms with Gasteiger partial charge in [-0.25, -0.2) is 0 Å². The van der Waals surface area contributed by atoms with Crippen LogP contribution in [0.3, 0.4) is 0 Å². The quantitative estimate of drug-likeness (QED) is 0.555. The number of aromatic nitrogens is 3. The fourth-order valence-electron chi connectivity index (χ4n) is 2.84. The topological polar surface area (TPSA) is 92.8 Å². The lowest BCUT2D eigenvalue weighted by atomic mass is 10.1. The van der Waals surface area contributed by atoms with Crippen LogP contribution in [0.1, 0.15) is 18.1 Å². The number of thioether (sulfide) groups is 1. The van der Waals surface area contributed by atoms with Crippen molar-refractivity contribution in [2.75, 3.05) is 19.0 Å². The lowest BCUT2D eigenvalue weighted by Gasteiger charge is -2.14. The number of carbonyl (C=O) groups is 1. The van der Waals surface area contributed by atoms with E-state index >= 15 is 0 Å². The number of anilines is 1. The summed E-state index contributed by atoms with van der Waals surface area (Å²) >= 11 is 1.34. The summed E-state index contributed by atoms with van der Waals surface area (Å²) < 4.78 is 7.23. The number of methoxy groups -OCH3 is 1. The minimum Gasteiger partial charge on any atom is -0.383 e. The fourth-order valence-corrected chi connectivity index (χ4v) is 3.72. The predicted molar refractivity (Wildman–Crippen MR) is 117 cm³/mol. The van der Waals surface area contributed by atoms with E-state index in [2.05, 4.69) is 27.6 Å². The number of nitrogens with zero attached hydrogens (tertiary/aromatic N) is 4. The third kappa shape index (κ3) is 5.26. The van der Waals surface area contributed by atoms with Crippen LogP contribution in [0.5, 0.6) is 0 Å². The average molecular weight is 422 g/mol. The predicted octanol–water partition coefficient (Wildman–Crippen LogP) is 3.89. The summed E-state index contributed by atoms with van der Waals surface area (Å²) in [6.45, 7) is 4.95. The highest BCUT2D eigenvalue weighted by molar-refractivity contribution is 8.00. The van der Waals surface area contributed by atoms with Crippen LogP contribution >= 0.6 is 11.8 Å². The van der Waals surface area contributed by atoms with E-state index in [-0.39, 0.29) is 5.91 Å². The minimum absolute atomic E-state index is 0.150. The van der Waals surface area contributed by atoms with Gasteiger partial charge in [0.1, 0.15) is 0 Å². The molecule has 0 spiro atoms. The van der Waals surface area contributed by atoms with Crippen molar-refractivity contribution in [2.24, 2.45) is 0 Å². The maximum atomic E-state index is 12.6. The smallest absolute Gasteiger partial charge is 0.237 e. The maximum Gasteiger partial charge on any atom is 0.237 e. The Labute approximate surface area is 180 Å². The number of ether oxygens (including phenoxy) is 1. The third-order valence-corrected chi connectivity index (χ3v) is 5.53. The molecule has 0 saturated heterocycles. The van der Waals surface area contributed by atoms with E-state index in [0.717, 1.165) is 17.0 Å². The van der Waals surface area contributed by atoms with Crippen molar-refractivity contribution >= 4 is 23.4 Å². The summed E-state index contributed by atoms with van der Waals surface area (Å²) in [4.78, 5) is 12.6. The van der Waals surface area contributed by atoms with Gasteiger partial charge < -0.3 is 10.1 Å². The van der Waals surface area contributed by atoms with Crippen molar-refractivity contribution < 1.29 is 9.53 Å². The van der Waals surface area contributed by atoms with E-state index < -0.39 is 5.25 Å². The summed E-state index contributed by atoms with van der Waals surface area (Å²) in [5.74, 6) is 0.598. The van der Waals surface area contributed by atoms with Crippen LogP contribution in [0.25, 0.3) is 11.4 Å². The average Bonchev–Trinajstić information content (AvgIpc) is 3.15.